The number of benzene rings is 3. The minimum atomic E-state index is -0.162. The molecule has 0 amide bonds. The van der Waals surface area contributed by atoms with Gasteiger partial charge in [0.2, 0.25) is 0 Å². The zero-order valence-corrected chi connectivity index (χ0v) is 17.9. The summed E-state index contributed by atoms with van der Waals surface area (Å²) in [6, 6.07) is 19.7. The summed E-state index contributed by atoms with van der Waals surface area (Å²) >= 11 is 0. The zero-order chi connectivity index (χ0) is 19.3. The second kappa shape index (κ2) is 7.62. The summed E-state index contributed by atoms with van der Waals surface area (Å²) in [5, 5.41) is 4.15. The Bertz CT molecular complexity index is 995. The van der Waals surface area contributed by atoms with Crippen molar-refractivity contribution in [3.63, 3.8) is 0 Å². The number of rotatable bonds is 3. The molecule has 2 aliphatic heterocycles. The number of nitrogens with zero attached hydrogens (tertiary/aromatic N) is 1. The molecule has 2 fully saturated rings. The van der Waals surface area contributed by atoms with Crippen molar-refractivity contribution in [1.29, 1.82) is 0 Å². The van der Waals surface area contributed by atoms with Crippen molar-refractivity contribution in [2.24, 2.45) is 0 Å². The van der Waals surface area contributed by atoms with Gasteiger partial charge in [0.15, 0.2) is 0 Å². The first kappa shape index (κ1) is 20.2. The molecule has 3 aromatic carbocycles. The Morgan fingerprint density at radius 3 is 2.00 bits per heavy atom. The van der Waals surface area contributed by atoms with E-state index in [2.05, 4.69) is 32.2 Å². The SMILES string of the molecule is CC[N+]1(C)C2CCC1CC(OC(=O)c1c3ccccc3cc3ccccc13)C2.[Cl-]. The monoisotopic (exact) mass is 409 g/mol. The maximum atomic E-state index is 13.4. The normalized spacial score (nSPS) is 28.3. The van der Waals surface area contributed by atoms with Crippen LogP contribution in [0.3, 0.4) is 0 Å². The van der Waals surface area contributed by atoms with Crippen molar-refractivity contribution >= 4 is 27.5 Å². The van der Waals surface area contributed by atoms with Gasteiger partial charge in [-0.25, -0.2) is 4.79 Å². The van der Waals surface area contributed by atoms with E-state index in [-0.39, 0.29) is 24.5 Å². The van der Waals surface area contributed by atoms with Gasteiger partial charge in [-0.2, -0.15) is 0 Å². The molecule has 2 aliphatic rings. The van der Waals surface area contributed by atoms with Crippen molar-refractivity contribution < 1.29 is 26.4 Å². The van der Waals surface area contributed by atoms with E-state index in [0.717, 1.165) is 44.4 Å². The quantitative estimate of drug-likeness (QED) is 0.377. The maximum Gasteiger partial charge on any atom is 0.339 e. The van der Waals surface area contributed by atoms with Gasteiger partial charge >= 0.3 is 5.97 Å². The van der Waals surface area contributed by atoms with E-state index in [1.54, 1.807) is 0 Å². The van der Waals surface area contributed by atoms with Crippen LogP contribution < -0.4 is 12.4 Å². The van der Waals surface area contributed by atoms with E-state index >= 15 is 0 Å². The maximum absolute atomic E-state index is 13.4. The van der Waals surface area contributed by atoms with E-state index in [9.17, 15) is 4.79 Å². The third-order valence-electron chi connectivity index (χ3n) is 7.50. The molecule has 2 heterocycles. The summed E-state index contributed by atoms with van der Waals surface area (Å²) in [4.78, 5) is 13.4. The van der Waals surface area contributed by atoms with Crippen molar-refractivity contribution in [1.82, 2.24) is 0 Å². The summed E-state index contributed by atoms with van der Waals surface area (Å²) in [5.41, 5.74) is 0.722. The van der Waals surface area contributed by atoms with Crippen molar-refractivity contribution in [3.8, 4) is 0 Å². The van der Waals surface area contributed by atoms with Crippen LogP contribution in [-0.2, 0) is 4.74 Å². The second-order valence-electron chi connectivity index (χ2n) is 8.74. The molecule has 0 aliphatic carbocycles. The van der Waals surface area contributed by atoms with Crippen LogP contribution in [0.1, 0.15) is 43.0 Å². The molecule has 29 heavy (non-hydrogen) atoms. The van der Waals surface area contributed by atoms with E-state index in [1.807, 2.05) is 36.4 Å². The molecule has 3 nitrogen and oxygen atoms in total. The molecule has 2 bridgehead atoms. The number of ether oxygens (including phenoxy) is 1. The predicted octanol–water partition coefficient (Wildman–Crippen LogP) is 2.31. The van der Waals surface area contributed by atoms with Gasteiger partial charge in [-0.3, -0.25) is 0 Å². The molecular weight excluding hydrogens is 382 g/mol. The fraction of sp³-hybridized carbons (Fsp3) is 0.400. The van der Waals surface area contributed by atoms with Gasteiger partial charge < -0.3 is 21.6 Å². The lowest BCUT2D eigenvalue weighted by Gasteiger charge is -2.46. The van der Waals surface area contributed by atoms with E-state index in [0.29, 0.717) is 12.1 Å². The largest absolute Gasteiger partial charge is 1.00 e. The first-order valence-corrected chi connectivity index (χ1v) is 10.6. The predicted molar refractivity (Wildman–Crippen MR) is 113 cm³/mol. The Balaban J connectivity index is 0.00000205. The van der Waals surface area contributed by atoms with Crippen molar-refractivity contribution in [2.75, 3.05) is 13.6 Å². The van der Waals surface area contributed by atoms with Crippen LogP contribution in [0.25, 0.3) is 21.5 Å². The average molecular weight is 410 g/mol. The van der Waals surface area contributed by atoms with Crippen LogP contribution in [0.4, 0.5) is 0 Å². The third-order valence-corrected chi connectivity index (χ3v) is 7.50. The van der Waals surface area contributed by atoms with Crippen LogP contribution in [0, 0.1) is 0 Å². The number of quaternary nitrogens is 1. The van der Waals surface area contributed by atoms with Gasteiger partial charge in [0.1, 0.15) is 6.10 Å². The topological polar surface area (TPSA) is 26.3 Å². The first-order valence-electron chi connectivity index (χ1n) is 10.6. The lowest BCUT2D eigenvalue weighted by Crippen LogP contribution is -3.00. The van der Waals surface area contributed by atoms with Gasteiger partial charge in [-0.1, -0.05) is 48.5 Å². The van der Waals surface area contributed by atoms with Gasteiger partial charge in [-0.05, 0) is 34.5 Å². The number of carbonyl (C=O) groups excluding carboxylic acids is 1. The average Bonchev–Trinajstić information content (AvgIpc) is 2.88. The van der Waals surface area contributed by atoms with Crippen molar-refractivity contribution in [3.05, 3.63) is 60.2 Å². The van der Waals surface area contributed by atoms with Crippen LogP contribution in [-0.4, -0.2) is 42.2 Å². The molecule has 3 aromatic rings. The molecule has 4 heteroatoms. The summed E-state index contributed by atoms with van der Waals surface area (Å²) in [6.07, 6.45) is 4.56. The second-order valence-corrected chi connectivity index (χ2v) is 8.74. The lowest BCUT2D eigenvalue weighted by atomic mass is 9.95. The Hall–Kier alpha value is -2.10. The number of hydrogen-bond donors (Lipinski definition) is 0. The first-order chi connectivity index (χ1) is 13.6. The van der Waals surface area contributed by atoms with E-state index in [1.165, 1.54) is 19.4 Å². The Morgan fingerprint density at radius 1 is 0.966 bits per heavy atom. The highest BCUT2D eigenvalue weighted by Gasteiger charge is 2.51. The Labute approximate surface area is 178 Å². The number of esters is 1. The minimum absolute atomic E-state index is 0. The summed E-state index contributed by atoms with van der Waals surface area (Å²) in [6.45, 7) is 3.46. The molecule has 5 rings (SSSR count). The Kier molecular flexibility index (Phi) is 5.30. The Morgan fingerprint density at radius 2 is 1.48 bits per heavy atom. The summed E-state index contributed by atoms with van der Waals surface area (Å²) in [5.74, 6) is -0.162. The van der Waals surface area contributed by atoms with Crippen LogP contribution >= 0.6 is 0 Å². The molecule has 0 radical (unpaired) electrons. The number of carbonyl (C=O) groups is 1. The molecule has 0 N–H and O–H groups in total. The highest BCUT2D eigenvalue weighted by atomic mass is 35.5. The highest BCUT2D eigenvalue weighted by molar-refractivity contribution is 6.16. The zero-order valence-electron chi connectivity index (χ0n) is 17.1. The lowest BCUT2D eigenvalue weighted by molar-refractivity contribution is -0.947. The van der Waals surface area contributed by atoms with Crippen LogP contribution in [0.2, 0.25) is 0 Å². The molecule has 0 spiro atoms. The number of piperidine rings is 1. The fourth-order valence-electron chi connectivity index (χ4n) is 5.75. The summed E-state index contributed by atoms with van der Waals surface area (Å²) in [7, 11) is 2.39. The van der Waals surface area contributed by atoms with Crippen molar-refractivity contribution in [2.45, 2.75) is 50.8 Å². The van der Waals surface area contributed by atoms with Gasteiger partial charge in [0.25, 0.3) is 0 Å². The van der Waals surface area contributed by atoms with E-state index < -0.39 is 0 Å². The molecule has 2 atom stereocenters. The minimum Gasteiger partial charge on any atom is -1.00 e. The molecule has 152 valence electrons. The molecule has 0 saturated carbocycles. The molecule has 2 saturated heterocycles. The van der Waals surface area contributed by atoms with Crippen LogP contribution in [0.5, 0.6) is 0 Å². The summed E-state index contributed by atoms with van der Waals surface area (Å²) < 4.78 is 7.32. The van der Waals surface area contributed by atoms with Crippen LogP contribution in [0.15, 0.2) is 54.6 Å². The molecule has 2 unspecified atom stereocenters. The fourth-order valence-corrected chi connectivity index (χ4v) is 5.75. The standard InChI is InChI=1S/C25H28NO2.ClH/c1-3-26(2)19-12-13-20(26)16-21(15-19)28-25(27)24-22-10-6-4-8-17(22)14-18-9-5-7-11-23(18)24;/h4-11,14,19-21H,3,12-13,15-16H2,1-2H3;1H/q+1;/p-1. The highest BCUT2D eigenvalue weighted by Crippen LogP contribution is 2.42. The third kappa shape index (κ3) is 3.21. The van der Waals surface area contributed by atoms with E-state index in [4.69, 9.17) is 4.74 Å². The smallest absolute Gasteiger partial charge is 0.339 e. The molecule has 0 aromatic heterocycles. The molecular formula is C25H28ClNO2. The number of fused-ring (bicyclic) bond motifs is 4. The van der Waals surface area contributed by atoms with Gasteiger partial charge in [-0.15, -0.1) is 0 Å². The van der Waals surface area contributed by atoms with Gasteiger partial charge in [0, 0.05) is 25.7 Å². The number of halogens is 1. The number of hydrogen-bond acceptors (Lipinski definition) is 2. The van der Waals surface area contributed by atoms with Gasteiger partial charge in [0.05, 0.1) is 31.2 Å².